The van der Waals surface area contributed by atoms with Gasteiger partial charge < -0.3 is 19.9 Å². The summed E-state index contributed by atoms with van der Waals surface area (Å²) in [7, 11) is 3.19. The fraction of sp³-hybridized carbons (Fsp3) is 0.400. The van der Waals surface area contributed by atoms with Crippen LogP contribution in [0, 0.1) is 0 Å². The first-order valence-electron chi connectivity index (χ1n) is 4.36. The van der Waals surface area contributed by atoms with Gasteiger partial charge in [0.1, 0.15) is 12.4 Å². The quantitative estimate of drug-likeness (QED) is 0.837. The number of ether oxygens (including phenoxy) is 3. The second-order valence-electron chi connectivity index (χ2n) is 2.65. The molecule has 2 N–H and O–H groups in total. The lowest BCUT2D eigenvalue weighted by atomic mass is 10.3. The van der Waals surface area contributed by atoms with Gasteiger partial charge in [0.2, 0.25) is 0 Å². The Kier molecular flexibility index (Phi) is 6.66. The average Bonchev–Trinajstić information content (AvgIpc) is 2.26. The summed E-state index contributed by atoms with van der Waals surface area (Å²) < 4.78 is 15.6. The van der Waals surface area contributed by atoms with Crippen LogP contribution in [-0.4, -0.2) is 27.4 Å². The van der Waals surface area contributed by atoms with Crippen LogP contribution in [0.4, 0.5) is 0 Å². The van der Waals surface area contributed by atoms with Gasteiger partial charge in [0.25, 0.3) is 0 Å². The Bertz CT molecular complexity index is 294. The van der Waals surface area contributed by atoms with Crippen molar-refractivity contribution in [1.82, 2.24) is 0 Å². The van der Waals surface area contributed by atoms with Gasteiger partial charge in [-0.25, -0.2) is 0 Å². The van der Waals surface area contributed by atoms with Gasteiger partial charge >= 0.3 is 0 Å². The summed E-state index contributed by atoms with van der Waals surface area (Å²) in [5, 5.41) is 0. The van der Waals surface area contributed by atoms with E-state index in [2.05, 4.69) is 0 Å². The molecule has 0 saturated heterocycles. The molecule has 0 aliphatic carbocycles. The number of halogens is 1. The van der Waals surface area contributed by atoms with Gasteiger partial charge in [-0.2, -0.15) is 0 Å². The molecule has 5 heteroatoms. The van der Waals surface area contributed by atoms with E-state index in [1.807, 2.05) is 6.07 Å². The number of hydrogen-bond acceptors (Lipinski definition) is 4. The molecule has 0 amide bonds. The second-order valence-corrected chi connectivity index (χ2v) is 2.65. The molecule has 1 rings (SSSR count). The van der Waals surface area contributed by atoms with Crippen molar-refractivity contribution in [2.45, 2.75) is 0 Å². The third kappa shape index (κ3) is 3.85. The molecule has 0 unspecified atom stereocenters. The standard InChI is InChI=1S/C10H15NO3.ClH/c1-12-8-3-4-9(14-6-5-11)10(7-8)13-2;/h3-4,7H,5-6,11H2,1-2H3;1H. The number of benzene rings is 1. The van der Waals surface area contributed by atoms with E-state index in [4.69, 9.17) is 19.9 Å². The van der Waals surface area contributed by atoms with Gasteiger partial charge in [-0.05, 0) is 12.1 Å². The van der Waals surface area contributed by atoms with Crippen LogP contribution in [0.3, 0.4) is 0 Å². The van der Waals surface area contributed by atoms with E-state index in [9.17, 15) is 0 Å². The molecule has 86 valence electrons. The van der Waals surface area contributed by atoms with Crippen LogP contribution in [-0.2, 0) is 0 Å². The summed E-state index contributed by atoms with van der Waals surface area (Å²) in [6, 6.07) is 5.38. The second kappa shape index (κ2) is 7.20. The minimum absolute atomic E-state index is 0. The average molecular weight is 234 g/mol. The minimum atomic E-state index is 0. The van der Waals surface area contributed by atoms with Gasteiger partial charge in [0, 0.05) is 12.6 Å². The molecule has 0 aliphatic rings. The summed E-state index contributed by atoms with van der Waals surface area (Å²) in [6.07, 6.45) is 0. The topological polar surface area (TPSA) is 53.7 Å². The predicted molar refractivity (Wildman–Crippen MR) is 61.3 cm³/mol. The number of rotatable bonds is 5. The highest BCUT2D eigenvalue weighted by Crippen LogP contribution is 2.30. The van der Waals surface area contributed by atoms with Crippen LogP contribution in [0.15, 0.2) is 18.2 Å². The van der Waals surface area contributed by atoms with Crippen molar-refractivity contribution in [2.24, 2.45) is 5.73 Å². The Labute approximate surface area is 95.7 Å². The third-order valence-corrected chi connectivity index (χ3v) is 1.75. The number of hydrogen-bond donors (Lipinski definition) is 1. The van der Waals surface area contributed by atoms with Crippen LogP contribution in [0.2, 0.25) is 0 Å². The van der Waals surface area contributed by atoms with Gasteiger partial charge in [-0.1, -0.05) is 0 Å². The van der Waals surface area contributed by atoms with Gasteiger partial charge in [-0.15, -0.1) is 12.4 Å². The maximum atomic E-state index is 5.37. The van der Waals surface area contributed by atoms with Crippen LogP contribution < -0.4 is 19.9 Å². The Morgan fingerprint density at radius 3 is 2.40 bits per heavy atom. The van der Waals surface area contributed by atoms with E-state index < -0.39 is 0 Å². The number of methoxy groups -OCH3 is 2. The summed E-state index contributed by atoms with van der Waals surface area (Å²) in [6.45, 7) is 0.956. The normalized spacial score (nSPS) is 9.00. The largest absolute Gasteiger partial charge is 0.497 e. The zero-order valence-electron chi connectivity index (χ0n) is 8.86. The molecule has 0 saturated carbocycles. The highest BCUT2D eigenvalue weighted by Gasteiger charge is 2.04. The molecule has 0 aromatic heterocycles. The van der Waals surface area contributed by atoms with E-state index in [0.717, 1.165) is 5.75 Å². The van der Waals surface area contributed by atoms with Crippen LogP contribution in [0.1, 0.15) is 0 Å². The highest BCUT2D eigenvalue weighted by molar-refractivity contribution is 5.85. The fourth-order valence-corrected chi connectivity index (χ4v) is 1.06. The molecule has 0 atom stereocenters. The molecule has 0 aliphatic heterocycles. The van der Waals surface area contributed by atoms with Crippen molar-refractivity contribution in [3.8, 4) is 17.2 Å². The van der Waals surface area contributed by atoms with E-state index in [1.165, 1.54) is 0 Å². The zero-order valence-corrected chi connectivity index (χ0v) is 9.67. The van der Waals surface area contributed by atoms with E-state index >= 15 is 0 Å². The lowest BCUT2D eigenvalue weighted by molar-refractivity contribution is 0.300. The molecule has 1 aromatic carbocycles. The summed E-state index contributed by atoms with van der Waals surface area (Å²) in [5.74, 6) is 2.07. The Morgan fingerprint density at radius 2 is 1.87 bits per heavy atom. The predicted octanol–water partition coefficient (Wildman–Crippen LogP) is 1.46. The van der Waals surface area contributed by atoms with Gasteiger partial charge in [0.15, 0.2) is 11.5 Å². The number of nitrogens with two attached hydrogens (primary N) is 1. The van der Waals surface area contributed by atoms with Crippen molar-refractivity contribution in [2.75, 3.05) is 27.4 Å². The molecule has 0 bridgehead atoms. The minimum Gasteiger partial charge on any atom is -0.497 e. The Hall–Kier alpha value is -1.13. The summed E-state index contributed by atoms with van der Waals surface area (Å²) in [5.41, 5.74) is 5.33. The smallest absolute Gasteiger partial charge is 0.164 e. The van der Waals surface area contributed by atoms with Gasteiger partial charge in [0.05, 0.1) is 14.2 Å². The van der Waals surface area contributed by atoms with Crippen molar-refractivity contribution in [3.63, 3.8) is 0 Å². The molecular formula is C10H16ClNO3. The van der Waals surface area contributed by atoms with Crippen LogP contribution >= 0.6 is 12.4 Å². The Morgan fingerprint density at radius 1 is 1.13 bits per heavy atom. The molecule has 4 nitrogen and oxygen atoms in total. The molecule has 0 spiro atoms. The molecule has 0 heterocycles. The third-order valence-electron chi connectivity index (χ3n) is 1.75. The first-order chi connectivity index (χ1) is 6.81. The summed E-state index contributed by atoms with van der Waals surface area (Å²) in [4.78, 5) is 0. The van der Waals surface area contributed by atoms with Crippen molar-refractivity contribution in [1.29, 1.82) is 0 Å². The van der Waals surface area contributed by atoms with Crippen LogP contribution in [0.25, 0.3) is 0 Å². The molecule has 0 radical (unpaired) electrons. The monoisotopic (exact) mass is 233 g/mol. The molecular weight excluding hydrogens is 218 g/mol. The zero-order chi connectivity index (χ0) is 10.4. The van der Waals surface area contributed by atoms with Crippen molar-refractivity contribution >= 4 is 12.4 Å². The lowest BCUT2D eigenvalue weighted by Gasteiger charge is -2.10. The van der Waals surface area contributed by atoms with Gasteiger partial charge in [-0.3, -0.25) is 0 Å². The summed E-state index contributed by atoms with van der Waals surface area (Å²) >= 11 is 0. The maximum absolute atomic E-state index is 5.37. The molecule has 1 aromatic rings. The van der Waals surface area contributed by atoms with E-state index in [-0.39, 0.29) is 12.4 Å². The van der Waals surface area contributed by atoms with E-state index in [0.29, 0.717) is 24.7 Å². The molecule has 15 heavy (non-hydrogen) atoms. The van der Waals surface area contributed by atoms with Crippen LogP contribution in [0.5, 0.6) is 17.2 Å². The molecule has 0 fully saturated rings. The van der Waals surface area contributed by atoms with Crippen molar-refractivity contribution < 1.29 is 14.2 Å². The maximum Gasteiger partial charge on any atom is 0.164 e. The van der Waals surface area contributed by atoms with E-state index in [1.54, 1.807) is 26.4 Å². The SMILES string of the molecule is COc1ccc(OCCN)c(OC)c1.Cl. The first-order valence-corrected chi connectivity index (χ1v) is 4.36. The first kappa shape index (κ1) is 13.9. The highest BCUT2D eigenvalue weighted by atomic mass is 35.5. The lowest BCUT2D eigenvalue weighted by Crippen LogP contribution is -2.11. The Balaban J connectivity index is 0.00000196. The van der Waals surface area contributed by atoms with Crippen molar-refractivity contribution in [3.05, 3.63) is 18.2 Å². The fourth-order valence-electron chi connectivity index (χ4n) is 1.06.